The zero-order chi connectivity index (χ0) is 26.8. The molecule has 1 aromatic carbocycles. The molecular weight excluding hydrogens is 506 g/mol. The molecule has 2 unspecified atom stereocenters. The number of anilines is 4. The predicted octanol–water partition coefficient (Wildman–Crippen LogP) is 3.14. The largest absolute Gasteiger partial charge is 0.489 e. The van der Waals surface area contributed by atoms with E-state index in [4.69, 9.17) is 9.72 Å². The zero-order valence-electron chi connectivity index (χ0n) is 22.3. The summed E-state index contributed by atoms with van der Waals surface area (Å²) in [4.78, 5) is 14.3. The molecule has 8 rings (SSSR count). The number of allylic oxidation sites excluding steroid dienone is 1. The van der Waals surface area contributed by atoms with Crippen LogP contribution in [0.3, 0.4) is 0 Å². The van der Waals surface area contributed by atoms with Crippen molar-refractivity contribution in [1.82, 2.24) is 39.6 Å². The van der Waals surface area contributed by atoms with Crippen molar-refractivity contribution in [3.8, 4) is 5.75 Å². The maximum atomic E-state index is 6.28. The highest BCUT2D eigenvalue weighted by Gasteiger charge is 2.34. The van der Waals surface area contributed by atoms with Crippen molar-refractivity contribution < 1.29 is 4.74 Å². The molecule has 0 amide bonds. The number of aryl methyl sites for hydroxylation is 1. The van der Waals surface area contributed by atoms with Gasteiger partial charge in [-0.15, -0.1) is 5.10 Å². The van der Waals surface area contributed by atoms with Crippen LogP contribution in [-0.2, 0) is 13.5 Å². The summed E-state index contributed by atoms with van der Waals surface area (Å²) >= 11 is 0. The monoisotopic (exact) mass is 535 g/mol. The molecule has 6 heterocycles. The molecule has 1 saturated heterocycles. The minimum atomic E-state index is 0.256. The number of hydrogen-bond acceptors (Lipinski definition) is 9. The molecule has 0 radical (unpaired) electrons. The van der Waals surface area contributed by atoms with E-state index in [1.165, 1.54) is 11.1 Å². The fraction of sp³-hybridized carbons (Fsp3) is 0.321. The smallest absolute Gasteiger partial charge is 0.180 e. The number of aromatic nitrogens is 8. The van der Waals surface area contributed by atoms with Crippen LogP contribution in [0.2, 0.25) is 0 Å². The lowest BCUT2D eigenvalue weighted by Crippen LogP contribution is -2.57. The molecule has 4 aromatic heterocycles. The van der Waals surface area contributed by atoms with E-state index in [0.29, 0.717) is 18.3 Å². The van der Waals surface area contributed by atoms with E-state index >= 15 is 0 Å². The van der Waals surface area contributed by atoms with Gasteiger partial charge < -0.3 is 24.3 Å². The molecular formula is C28H29N11O. The quantitative estimate of drug-likeness (QED) is 0.358. The van der Waals surface area contributed by atoms with Gasteiger partial charge in [0.05, 0.1) is 35.5 Å². The van der Waals surface area contributed by atoms with Crippen LogP contribution in [0.5, 0.6) is 5.75 Å². The number of benzene rings is 1. The second-order valence-electron chi connectivity index (χ2n) is 10.8. The van der Waals surface area contributed by atoms with Crippen molar-refractivity contribution in [3.05, 3.63) is 66.1 Å². The van der Waals surface area contributed by atoms with Gasteiger partial charge in [-0.3, -0.25) is 9.78 Å². The first-order chi connectivity index (χ1) is 19.6. The lowest BCUT2D eigenvalue weighted by Gasteiger charge is -2.45. The van der Waals surface area contributed by atoms with Gasteiger partial charge in [0.15, 0.2) is 17.3 Å². The molecule has 3 aliphatic rings. The molecule has 0 saturated carbocycles. The Morgan fingerprint density at radius 1 is 1.18 bits per heavy atom. The molecule has 12 heteroatoms. The first kappa shape index (κ1) is 23.1. The van der Waals surface area contributed by atoms with Gasteiger partial charge in [-0.1, -0.05) is 12.1 Å². The number of aromatic amines is 1. The van der Waals surface area contributed by atoms with E-state index in [9.17, 15) is 0 Å². The summed E-state index contributed by atoms with van der Waals surface area (Å²) in [6.45, 7) is 5.48. The van der Waals surface area contributed by atoms with E-state index in [1.807, 2.05) is 36.2 Å². The third-order valence-electron chi connectivity index (χ3n) is 8.14. The Morgan fingerprint density at radius 2 is 2.12 bits per heavy atom. The van der Waals surface area contributed by atoms with Crippen LogP contribution in [0, 0.1) is 5.92 Å². The first-order valence-corrected chi connectivity index (χ1v) is 13.6. The third-order valence-corrected chi connectivity index (χ3v) is 8.14. The van der Waals surface area contributed by atoms with Crippen LogP contribution in [0.15, 0.2) is 49.2 Å². The van der Waals surface area contributed by atoms with Crippen LogP contribution in [0.1, 0.15) is 23.9 Å². The Kier molecular flexibility index (Phi) is 5.09. The van der Waals surface area contributed by atoms with Crippen molar-refractivity contribution in [2.45, 2.75) is 19.4 Å². The molecule has 0 spiro atoms. The van der Waals surface area contributed by atoms with Crippen molar-refractivity contribution in [1.29, 1.82) is 0 Å². The summed E-state index contributed by atoms with van der Waals surface area (Å²) in [7, 11) is 1.89. The lowest BCUT2D eigenvalue weighted by atomic mass is 9.86. The van der Waals surface area contributed by atoms with Crippen molar-refractivity contribution in [2.75, 3.05) is 41.4 Å². The molecule has 202 valence electrons. The number of rotatable bonds is 4. The van der Waals surface area contributed by atoms with Crippen molar-refractivity contribution in [3.63, 3.8) is 0 Å². The third kappa shape index (κ3) is 3.78. The summed E-state index contributed by atoms with van der Waals surface area (Å²) in [6.07, 6.45) is 12.8. The van der Waals surface area contributed by atoms with Gasteiger partial charge in [0, 0.05) is 57.0 Å². The normalized spacial score (nSPS) is 20.0. The molecule has 1 aliphatic carbocycles. The van der Waals surface area contributed by atoms with E-state index in [2.05, 4.69) is 71.8 Å². The molecule has 2 N–H and O–H groups in total. The van der Waals surface area contributed by atoms with E-state index < -0.39 is 0 Å². The van der Waals surface area contributed by atoms with E-state index in [0.717, 1.165) is 66.0 Å². The average molecular weight is 536 g/mol. The maximum Gasteiger partial charge on any atom is 0.180 e. The second-order valence-corrected chi connectivity index (χ2v) is 10.8. The Labute approximate surface area is 230 Å². The van der Waals surface area contributed by atoms with Gasteiger partial charge >= 0.3 is 0 Å². The summed E-state index contributed by atoms with van der Waals surface area (Å²) in [6, 6.07) is 6.55. The number of hydrogen-bond donors (Lipinski definition) is 2. The molecule has 12 nitrogen and oxygen atoms in total. The number of fused-ring (bicyclic) bond motifs is 5. The second kappa shape index (κ2) is 8.83. The Bertz CT molecular complexity index is 1760. The fourth-order valence-corrected chi connectivity index (χ4v) is 6.10. The minimum absolute atomic E-state index is 0.256. The van der Waals surface area contributed by atoms with Gasteiger partial charge in [-0.05, 0) is 41.7 Å². The number of H-pyrrole nitrogens is 1. The van der Waals surface area contributed by atoms with Crippen LogP contribution in [0.25, 0.3) is 17.3 Å². The summed E-state index contributed by atoms with van der Waals surface area (Å²) in [5.74, 6) is 2.82. The SMILES string of the molecule is CC1Cc2cn[nH]c2C=C1c1cn2ccnc2c(Nc2ccc3c(c2)OCC2CN(c4cn(C)nn4)CCN32)n1. The summed E-state index contributed by atoms with van der Waals surface area (Å²) in [5.41, 5.74) is 7.18. The highest BCUT2D eigenvalue weighted by molar-refractivity contribution is 5.84. The summed E-state index contributed by atoms with van der Waals surface area (Å²) in [5, 5.41) is 19.2. The summed E-state index contributed by atoms with van der Waals surface area (Å²) < 4.78 is 10.0. The van der Waals surface area contributed by atoms with Crippen LogP contribution < -0.4 is 19.9 Å². The number of imidazole rings is 1. The van der Waals surface area contributed by atoms with Gasteiger partial charge in [-0.2, -0.15) is 5.10 Å². The van der Waals surface area contributed by atoms with Crippen LogP contribution in [-0.4, -0.2) is 71.8 Å². The number of piperazine rings is 1. The molecule has 40 heavy (non-hydrogen) atoms. The Balaban J connectivity index is 1.07. The standard InChI is InChI=1S/C28H29N11O/c1-17-9-18-12-30-33-22(18)11-21(17)23-14-38-6-5-29-28(38)27(32-23)31-19-3-4-24-25(10-19)40-16-20-13-37(7-8-39(20)24)26-15-36(2)35-34-26/h3-6,10-12,14-15,17,20H,7-9,13,16H2,1-2H3,(H,30,33)(H,31,32). The maximum absolute atomic E-state index is 6.28. The van der Waals surface area contributed by atoms with Crippen LogP contribution in [0.4, 0.5) is 23.0 Å². The molecule has 1 fully saturated rings. The Morgan fingerprint density at radius 3 is 3.02 bits per heavy atom. The molecule has 2 atom stereocenters. The van der Waals surface area contributed by atoms with Gasteiger partial charge in [0.25, 0.3) is 0 Å². The van der Waals surface area contributed by atoms with Crippen LogP contribution >= 0.6 is 0 Å². The highest BCUT2D eigenvalue weighted by Crippen LogP contribution is 2.39. The number of nitrogens with zero attached hydrogens (tertiary/aromatic N) is 9. The molecule has 5 aromatic rings. The number of ether oxygens (including phenoxy) is 1. The Hall–Kier alpha value is -4.87. The van der Waals surface area contributed by atoms with Crippen molar-refractivity contribution in [2.24, 2.45) is 13.0 Å². The van der Waals surface area contributed by atoms with Gasteiger partial charge in [0.1, 0.15) is 12.4 Å². The lowest BCUT2D eigenvalue weighted by molar-refractivity contribution is 0.254. The molecule has 2 aliphatic heterocycles. The molecule has 0 bridgehead atoms. The van der Waals surface area contributed by atoms with E-state index in [1.54, 1.807) is 10.9 Å². The first-order valence-electron chi connectivity index (χ1n) is 13.6. The zero-order valence-corrected chi connectivity index (χ0v) is 22.3. The topological polar surface area (TPSA) is 117 Å². The minimum Gasteiger partial charge on any atom is -0.489 e. The fourth-order valence-electron chi connectivity index (χ4n) is 6.10. The van der Waals surface area contributed by atoms with Gasteiger partial charge in [-0.25, -0.2) is 9.97 Å². The predicted molar refractivity (Wildman–Crippen MR) is 152 cm³/mol. The highest BCUT2D eigenvalue weighted by atomic mass is 16.5. The van der Waals surface area contributed by atoms with Gasteiger partial charge in [0.2, 0.25) is 0 Å². The van der Waals surface area contributed by atoms with E-state index in [-0.39, 0.29) is 6.04 Å². The number of nitrogens with one attached hydrogen (secondary N) is 2. The average Bonchev–Trinajstić information content (AvgIpc) is 3.73. The van der Waals surface area contributed by atoms with Crippen molar-refractivity contribution >= 4 is 40.3 Å².